The summed E-state index contributed by atoms with van der Waals surface area (Å²) in [7, 11) is 0. The first-order valence-corrected chi connectivity index (χ1v) is 6.75. The van der Waals surface area contributed by atoms with E-state index in [-0.39, 0.29) is 13.0 Å². The number of aromatic nitrogens is 2. The predicted molar refractivity (Wildman–Crippen MR) is 77.3 cm³/mol. The van der Waals surface area contributed by atoms with E-state index in [9.17, 15) is 9.90 Å². The van der Waals surface area contributed by atoms with Crippen LogP contribution in [-0.4, -0.2) is 25.7 Å². The van der Waals surface area contributed by atoms with Crippen molar-refractivity contribution in [1.29, 1.82) is 0 Å². The van der Waals surface area contributed by atoms with Gasteiger partial charge in [-0.05, 0) is 26.0 Å². The minimum atomic E-state index is -1.20. The molecule has 2 rings (SSSR count). The Morgan fingerprint density at radius 1 is 1.35 bits per heavy atom. The lowest BCUT2D eigenvalue weighted by molar-refractivity contribution is -0.137. The van der Waals surface area contributed by atoms with Gasteiger partial charge in [-0.15, -0.1) is 0 Å². The second-order valence-corrected chi connectivity index (χ2v) is 5.86. The number of aliphatic hydroxyl groups is 1. The van der Waals surface area contributed by atoms with Crippen LogP contribution in [0.15, 0.2) is 12.1 Å². The van der Waals surface area contributed by atoms with Crippen molar-refractivity contribution in [2.45, 2.75) is 32.4 Å². The molecular weight excluding hydrogens is 303 g/mol. The Kier molecular flexibility index (Phi) is 3.95. The molecule has 0 aliphatic carbocycles. The number of carboxylic acid groups (broad SMARTS) is 1. The van der Waals surface area contributed by atoms with E-state index in [4.69, 9.17) is 28.3 Å². The molecular formula is C13H14Cl2N2O3. The topological polar surface area (TPSA) is 75.4 Å². The summed E-state index contributed by atoms with van der Waals surface area (Å²) in [6.45, 7) is 3.38. The van der Waals surface area contributed by atoms with Crippen LogP contribution < -0.4 is 0 Å². The number of aryl methyl sites for hydroxylation is 1. The summed E-state index contributed by atoms with van der Waals surface area (Å²) in [6.07, 6.45) is -0.0746. The highest BCUT2D eigenvalue weighted by molar-refractivity contribution is 6.42. The maximum absolute atomic E-state index is 10.8. The van der Waals surface area contributed by atoms with Crippen molar-refractivity contribution in [3.05, 3.63) is 28.0 Å². The van der Waals surface area contributed by atoms with Crippen LogP contribution in [0.4, 0.5) is 0 Å². The Balaban J connectivity index is 2.65. The highest BCUT2D eigenvalue weighted by Crippen LogP contribution is 2.31. The maximum atomic E-state index is 10.8. The minimum Gasteiger partial charge on any atom is -0.481 e. The number of benzene rings is 1. The Labute approximate surface area is 125 Å². The van der Waals surface area contributed by atoms with Crippen molar-refractivity contribution in [3.63, 3.8) is 0 Å². The SMILES string of the molecule is CC(C)(O)c1nc2cc(Cl)c(Cl)cc2n1CCC(=O)O. The number of imidazole rings is 1. The molecule has 2 N–H and O–H groups in total. The van der Waals surface area contributed by atoms with Gasteiger partial charge in [0.1, 0.15) is 11.4 Å². The Morgan fingerprint density at radius 3 is 2.50 bits per heavy atom. The predicted octanol–water partition coefficient (Wildman–Crippen LogP) is 3.05. The first-order valence-electron chi connectivity index (χ1n) is 6.00. The summed E-state index contributed by atoms with van der Waals surface area (Å²) in [5, 5.41) is 19.7. The summed E-state index contributed by atoms with van der Waals surface area (Å²) in [4.78, 5) is 15.1. The second kappa shape index (κ2) is 5.24. The summed E-state index contributed by atoms with van der Waals surface area (Å²) in [5.74, 6) is -0.541. The summed E-state index contributed by atoms with van der Waals surface area (Å²) >= 11 is 11.9. The maximum Gasteiger partial charge on any atom is 0.305 e. The van der Waals surface area contributed by atoms with Crippen LogP contribution in [0.1, 0.15) is 26.1 Å². The average molecular weight is 317 g/mol. The molecule has 0 unspecified atom stereocenters. The highest BCUT2D eigenvalue weighted by atomic mass is 35.5. The number of carbonyl (C=O) groups is 1. The third-order valence-electron chi connectivity index (χ3n) is 2.89. The fraction of sp³-hybridized carbons (Fsp3) is 0.385. The summed E-state index contributed by atoms with van der Waals surface area (Å²) in [6, 6.07) is 3.23. The first-order chi connectivity index (χ1) is 9.20. The van der Waals surface area contributed by atoms with Crippen LogP contribution in [0.25, 0.3) is 11.0 Å². The molecule has 0 fully saturated rings. The summed E-state index contributed by atoms with van der Waals surface area (Å²) < 4.78 is 1.66. The molecule has 0 aliphatic rings. The standard InChI is InChI=1S/C13H14Cl2N2O3/c1-13(2,20)12-16-9-5-7(14)8(15)6-10(9)17(12)4-3-11(18)19/h5-6,20H,3-4H2,1-2H3,(H,18,19). The van der Waals surface area contributed by atoms with Crippen molar-refractivity contribution in [1.82, 2.24) is 9.55 Å². The van der Waals surface area contributed by atoms with E-state index >= 15 is 0 Å². The van der Waals surface area contributed by atoms with Crippen LogP contribution in [0.5, 0.6) is 0 Å². The molecule has 0 bridgehead atoms. The lowest BCUT2D eigenvalue weighted by atomic mass is 10.1. The quantitative estimate of drug-likeness (QED) is 0.909. The van der Waals surface area contributed by atoms with E-state index in [1.165, 1.54) is 0 Å². The molecule has 0 amide bonds. The van der Waals surface area contributed by atoms with Gasteiger partial charge in [-0.1, -0.05) is 23.2 Å². The van der Waals surface area contributed by atoms with Crippen molar-refractivity contribution in [2.75, 3.05) is 0 Å². The fourth-order valence-corrected chi connectivity index (χ4v) is 2.34. The zero-order chi connectivity index (χ0) is 15.1. The number of hydrogen-bond donors (Lipinski definition) is 2. The molecule has 0 saturated heterocycles. The smallest absolute Gasteiger partial charge is 0.305 e. The largest absolute Gasteiger partial charge is 0.481 e. The van der Waals surface area contributed by atoms with Gasteiger partial charge in [0, 0.05) is 6.54 Å². The Bertz CT molecular complexity index is 674. The van der Waals surface area contributed by atoms with Crippen molar-refractivity contribution >= 4 is 40.2 Å². The van der Waals surface area contributed by atoms with Gasteiger partial charge in [0.05, 0.1) is 27.5 Å². The van der Waals surface area contributed by atoms with Crippen LogP contribution in [0.3, 0.4) is 0 Å². The lowest BCUT2D eigenvalue weighted by Gasteiger charge is -2.18. The van der Waals surface area contributed by atoms with E-state index < -0.39 is 11.6 Å². The third-order valence-corrected chi connectivity index (χ3v) is 3.61. The Hall–Kier alpha value is -1.30. The minimum absolute atomic E-state index is 0.0746. The summed E-state index contributed by atoms with van der Waals surface area (Å²) in [5.41, 5.74) is 0.0240. The van der Waals surface area contributed by atoms with Gasteiger partial charge < -0.3 is 14.8 Å². The molecule has 1 aromatic heterocycles. The van der Waals surface area contributed by atoms with Crippen LogP contribution >= 0.6 is 23.2 Å². The Morgan fingerprint density at radius 2 is 1.95 bits per heavy atom. The van der Waals surface area contributed by atoms with E-state index in [0.29, 0.717) is 26.9 Å². The fourth-order valence-electron chi connectivity index (χ4n) is 2.02. The van der Waals surface area contributed by atoms with Gasteiger partial charge in [-0.3, -0.25) is 4.79 Å². The highest BCUT2D eigenvalue weighted by Gasteiger charge is 2.25. The van der Waals surface area contributed by atoms with Gasteiger partial charge in [0.2, 0.25) is 0 Å². The van der Waals surface area contributed by atoms with Gasteiger partial charge >= 0.3 is 5.97 Å². The van der Waals surface area contributed by atoms with E-state index in [1.807, 2.05) is 0 Å². The molecule has 0 spiro atoms. The van der Waals surface area contributed by atoms with Gasteiger partial charge in [0.25, 0.3) is 0 Å². The first kappa shape index (κ1) is 15.1. The van der Waals surface area contributed by atoms with Gasteiger partial charge in [0.15, 0.2) is 0 Å². The zero-order valence-electron chi connectivity index (χ0n) is 11.0. The number of halogens is 2. The molecule has 0 atom stereocenters. The molecule has 20 heavy (non-hydrogen) atoms. The molecule has 5 nitrogen and oxygen atoms in total. The molecule has 0 radical (unpaired) electrons. The van der Waals surface area contributed by atoms with Crippen LogP contribution in [-0.2, 0) is 16.9 Å². The van der Waals surface area contributed by atoms with Crippen LogP contribution in [0.2, 0.25) is 10.0 Å². The monoisotopic (exact) mass is 316 g/mol. The molecule has 108 valence electrons. The molecule has 1 aromatic carbocycles. The van der Waals surface area contributed by atoms with Gasteiger partial charge in [-0.2, -0.15) is 0 Å². The third kappa shape index (κ3) is 2.90. The van der Waals surface area contributed by atoms with Crippen molar-refractivity contribution in [2.24, 2.45) is 0 Å². The number of nitrogens with zero attached hydrogens (tertiary/aromatic N) is 2. The second-order valence-electron chi connectivity index (χ2n) is 5.04. The van der Waals surface area contributed by atoms with Crippen LogP contribution in [0, 0.1) is 0 Å². The molecule has 2 aromatic rings. The number of carboxylic acids is 1. The zero-order valence-corrected chi connectivity index (χ0v) is 12.5. The normalized spacial score (nSPS) is 12.1. The average Bonchev–Trinajstić information content (AvgIpc) is 2.65. The van der Waals surface area contributed by atoms with E-state index in [1.54, 1.807) is 30.5 Å². The molecule has 7 heteroatoms. The molecule has 0 aliphatic heterocycles. The van der Waals surface area contributed by atoms with E-state index in [2.05, 4.69) is 4.98 Å². The van der Waals surface area contributed by atoms with Crippen molar-refractivity contribution in [3.8, 4) is 0 Å². The number of rotatable bonds is 4. The van der Waals surface area contributed by atoms with Crippen molar-refractivity contribution < 1.29 is 15.0 Å². The number of aliphatic carboxylic acids is 1. The lowest BCUT2D eigenvalue weighted by Crippen LogP contribution is -2.23. The molecule has 1 heterocycles. The number of fused-ring (bicyclic) bond motifs is 1. The van der Waals surface area contributed by atoms with Gasteiger partial charge in [-0.25, -0.2) is 4.98 Å². The molecule has 0 saturated carbocycles. The number of hydrogen-bond acceptors (Lipinski definition) is 3. The van der Waals surface area contributed by atoms with E-state index in [0.717, 1.165) is 0 Å².